The van der Waals surface area contributed by atoms with Crippen LogP contribution in [0.3, 0.4) is 0 Å². The highest BCUT2D eigenvalue weighted by atomic mass is 32.1. The van der Waals surface area contributed by atoms with Crippen LogP contribution >= 0.6 is 11.3 Å². The van der Waals surface area contributed by atoms with E-state index in [0.717, 1.165) is 11.1 Å². The molecule has 3 rings (SSSR count). The first-order chi connectivity index (χ1) is 13.1. The van der Waals surface area contributed by atoms with Gasteiger partial charge in [-0.05, 0) is 42.1 Å². The Morgan fingerprint density at radius 2 is 2.19 bits per heavy atom. The molecule has 0 atom stereocenters. The summed E-state index contributed by atoms with van der Waals surface area (Å²) in [4.78, 5) is 15.6. The van der Waals surface area contributed by atoms with Gasteiger partial charge in [0.2, 0.25) is 5.82 Å². The molecule has 2 aromatic heterocycles. The van der Waals surface area contributed by atoms with Gasteiger partial charge in [0.25, 0.3) is 5.89 Å². The van der Waals surface area contributed by atoms with E-state index in [2.05, 4.69) is 10.1 Å². The van der Waals surface area contributed by atoms with Crippen LogP contribution < -0.4 is 9.47 Å². The summed E-state index contributed by atoms with van der Waals surface area (Å²) in [6, 6.07) is 7.22. The highest BCUT2D eigenvalue weighted by molar-refractivity contribution is 7.08. The van der Waals surface area contributed by atoms with E-state index < -0.39 is 5.97 Å². The van der Waals surface area contributed by atoms with E-state index in [-0.39, 0.29) is 12.3 Å². The number of carboxylic acid groups (broad SMARTS) is 1. The Morgan fingerprint density at radius 3 is 2.85 bits per heavy atom. The molecule has 0 spiro atoms. The van der Waals surface area contributed by atoms with Gasteiger partial charge in [-0.25, -0.2) is 0 Å². The maximum absolute atomic E-state index is 11.3. The molecule has 0 aliphatic rings. The molecule has 1 aromatic carbocycles. The Morgan fingerprint density at radius 1 is 1.33 bits per heavy atom. The van der Waals surface area contributed by atoms with Gasteiger partial charge in [-0.2, -0.15) is 16.3 Å². The number of hydrogen-bond donors (Lipinski definition) is 1. The molecule has 7 nitrogen and oxygen atoms in total. The number of carbonyl (C=O) groups is 1. The minimum absolute atomic E-state index is 0.173. The highest BCUT2D eigenvalue weighted by Crippen LogP contribution is 2.31. The maximum atomic E-state index is 11.3. The average Bonchev–Trinajstić information content (AvgIpc) is 3.33. The van der Waals surface area contributed by atoms with E-state index in [9.17, 15) is 9.90 Å². The second-order valence-electron chi connectivity index (χ2n) is 5.52. The van der Waals surface area contributed by atoms with E-state index >= 15 is 0 Å². The molecule has 0 amide bonds. The molecule has 0 aliphatic carbocycles. The number of ether oxygens (including phenoxy) is 2. The van der Waals surface area contributed by atoms with Crippen LogP contribution in [0.2, 0.25) is 0 Å². The SMILES string of the molecule is CCOc1cc(/C=C(\CC(=O)O)c2nc(-c3ccsc3)no2)ccc1OC. The molecule has 3 aromatic rings. The van der Waals surface area contributed by atoms with Crippen molar-refractivity contribution in [1.29, 1.82) is 0 Å². The Hall–Kier alpha value is -3.13. The van der Waals surface area contributed by atoms with Gasteiger partial charge in [0.15, 0.2) is 11.5 Å². The van der Waals surface area contributed by atoms with Crippen molar-refractivity contribution in [2.75, 3.05) is 13.7 Å². The summed E-state index contributed by atoms with van der Waals surface area (Å²) in [6.45, 7) is 2.36. The van der Waals surface area contributed by atoms with E-state index in [1.807, 2.05) is 23.8 Å². The molecule has 0 radical (unpaired) electrons. The molecule has 2 heterocycles. The summed E-state index contributed by atoms with van der Waals surface area (Å²) in [6.07, 6.45) is 1.45. The molecule has 0 aliphatic heterocycles. The molecule has 27 heavy (non-hydrogen) atoms. The topological polar surface area (TPSA) is 94.7 Å². The van der Waals surface area contributed by atoms with Gasteiger partial charge in [0.1, 0.15) is 0 Å². The van der Waals surface area contributed by atoms with Gasteiger partial charge >= 0.3 is 5.97 Å². The molecular weight excluding hydrogens is 368 g/mol. The fourth-order valence-electron chi connectivity index (χ4n) is 2.47. The number of nitrogens with zero attached hydrogens (tertiary/aromatic N) is 2. The second-order valence-corrected chi connectivity index (χ2v) is 6.30. The molecule has 0 saturated carbocycles. The van der Waals surface area contributed by atoms with Crippen LogP contribution in [0.5, 0.6) is 11.5 Å². The number of aromatic nitrogens is 2. The van der Waals surface area contributed by atoms with E-state index in [0.29, 0.717) is 29.5 Å². The molecule has 1 N–H and O–H groups in total. The molecule has 0 saturated heterocycles. The number of thiophene rings is 1. The number of rotatable bonds is 8. The van der Waals surface area contributed by atoms with Crippen molar-refractivity contribution >= 4 is 29.0 Å². The molecule has 140 valence electrons. The largest absolute Gasteiger partial charge is 0.493 e. The third kappa shape index (κ3) is 4.53. The fourth-order valence-corrected chi connectivity index (χ4v) is 3.10. The monoisotopic (exact) mass is 386 g/mol. The number of methoxy groups -OCH3 is 1. The molecule has 0 unspecified atom stereocenters. The lowest BCUT2D eigenvalue weighted by Crippen LogP contribution is -1.98. The summed E-state index contributed by atoms with van der Waals surface area (Å²) in [5, 5.41) is 17.0. The zero-order chi connectivity index (χ0) is 19.2. The van der Waals surface area contributed by atoms with Gasteiger partial charge in [0.05, 0.1) is 20.1 Å². The Balaban J connectivity index is 1.97. The zero-order valence-electron chi connectivity index (χ0n) is 14.8. The third-order valence-corrected chi connectivity index (χ3v) is 4.33. The van der Waals surface area contributed by atoms with Crippen LogP contribution in [0.1, 0.15) is 24.8 Å². The van der Waals surface area contributed by atoms with Crippen molar-refractivity contribution in [3.8, 4) is 22.9 Å². The lowest BCUT2D eigenvalue weighted by atomic mass is 10.1. The zero-order valence-corrected chi connectivity index (χ0v) is 15.7. The van der Waals surface area contributed by atoms with Crippen LogP contribution in [-0.2, 0) is 4.79 Å². The van der Waals surface area contributed by atoms with Crippen molar-refractivity contribution < 1.29 is 23.9 Å². The van der Waals surface area contributed by atoms with E-state index in [1.165, 1.54) is 11.3 Å². The maximum Gasteiger partial charge on any atom is 0.308 e. The van der Waals surface area contributed by atoms with Crippen LogP contribution in [0.15, 0.2) is 39.5 Å². The van der Waals surface area contributed by atoms with Crippen molar-refractivity contribution in [3.05, 3.63) is 46.5 Å². The van der Waals surface area contributed by atoms with Gasteiger partial charge in [-0.3, -0.25) is 4.79 Å². The second kappa shape index (κ2) is 8.50. The number of carboxylic acids is 1. The van der Waals surface area contributed by atoms with Crippen molar-refractivity contribution in [1.82, 2.24) is 10.1 Å². The Labute approximate surface area is 159 Å². The smallest absolute Gasteiger partial charge is 0.308 e. The first kappa shape index (κ1) is 18.7. The van der Waals surface area contributed by atoms with Crippen LogP contribution in [0.4, 0.5) is 0 Å². The highest BCUT2D eigenvalue weighted by Gasteiger charge is 2.16. The predicted octanol–water partition coefficient (Wildman–Crippen LogP) is 4.22. The van der Waals surface area contributed by atoms with Crippen LogP contribution in [-0.4, -0.2) is 34.9 Å². The molecule has 0 fully saturated rings. The van der Waals surface area contributed by atoms with E-state index in [1.54, 1.807) is 31.4 Å². The van der Waals surface area contributed by atoms with Crippen molar-refractivity contribution in [2.24, 2.45) is 0 Å². The normalized spacial score (nSPS) is 11.4. The molecule has 8 heteroatoms. The predicted molar refractivity (Wildman–Crippen MR) is 102 cm³/mol. The van der Waals surface area contributed by atoms with Crippen molar-refractivity contribution in [2.45, 2.75) is 13.3 Å². The van der Waals surface area contributed by atoms with Crippen LogP contribution in [0.25, 0.3) is 23.0 Å². The van der Waals surface area contributed by atoms with E-state index in [4.69, 9.17) is 14.0 Å². The third-order valence-electron chi connectivity index (χ3n) is 3.65. The van der Waals surface area contributed by atoms with Gasteiger partial charge in [0, 0.05) is 16.5 Å². The summed E-state index contributed by atoms with van der Waals surface area (Å²) >= 11 is 1.52. The summed E-state index contributed by atoms with van der Waals surface area (Å²) < 4.78 is 16.1. The first-order valence-corrected chi connectivity index (χ1v) is 9.14. The minimum Gasteiger partial charge on any atom is -0.493 e. The van der Waals surface area contributed by atoms with Gasteiger partial charge in [-0.15, -0.1) is 0 Å². The Kier molecular flexibility index (Phi) is 5.87. The molecular formula is C19H18N2O5S. The molecule has 0 bridgehead atoms. The fraction of sp³-hybridized carbons (Fsp3) is 0.211. The first-order valence-electron chi connectivity index (χ1n) is 8.20. The summed E-state index contributed by atoms with van der Waals surface area (Å²) in [5.74, 6) is 0.786. The average molecular weight is 386 g/mol. The minimum atomic E-state index is -0.991. The summed E-state index contributed by atoms with van der Waals surface area (Å²) in [7, 11) is 1.56. The van der Waals surface area contributed by atoms with Crippen LogP contribution in [0, 0.1) is 0 Å². The lowest BCUT2D eigenvalue weighted by Gasteiger charge is -2.10. The van der Waals surface area contributed by atoms with Gasteiger partial charge in [-0.1, -0.05) is 11.2 Å². The lowest BCUT2D eigenvalue weighted by molar-refractivity contribution is -0.135. The Bertz CT molecular complexity index is 947. The standard InChI is InChI=1S/C19H18N2O5S/c1-3-25-16-9-12(4-5-15(16)24-2)8-14(10-17(22)23)19-20-18(21-26-19)13-6-7-27-11-13/h4-9,11H,3,10H2,1-2H3,(H,22,23)/b14-8+. The number of hydrogen-bond acceptors (Lipinski definition) is 7. The number of benzene rings is 1. The quantitative estimate of drug-likeness (QED) is 0.619. The number of aliphatic carboxylic acids is 1. The van der Waals surface area contributed by atoms with Gasteiger partial charge < -0.3 is 19.1 Å². The summed E-state index contributed by atoms with van der Waals surface area (Å²) in [5.41, 5.74) is 1.97. The van der Waals surface area contributed by atoms with Crippen molar-refractivity contribution in [3.63, 3.8) is 0 Å².